The highest BCUT2D eigenvalue weighted by Crippen LogP contribution is 2.39. The fourth-order valence-electron chi connectivity index (χ4n) is 5.50. The Balaban J connectivity index is 1.34. The van der Waals surface area contributed by atoms with Crippen molar-refractivity contribution in [3.63, 3.8) is 0 Å². The van der Waals surface area contributed by atoms with Gasteiger partial charge in [-0.15, -0.1) is 0 Å². The van der Waals surface area contributed by atoms with Crippen molar-refractivity contribution < 1.29 is 14.3 Å². The van der Waals surface area contributed by atoms with Crippen molar-refractivity contribution in [1.29, 1.82) is 0 Å². The molecule has 0 bridgehead atoms. The topological polar surface area (TPSA) is 96.8 Å². The van der Waals surface area contributed by atoms with Crippen LogP contribution < -0.4 is 20.3 Å². The first kappa shape index (κ1) is 26.8. The molecule has 2 aliphatic heterocycles. The zero-order valence-electron chi connectivity index (χ0n) is 23.5. The fourth-order valence-corrected chi connectivity index (χ4v) is 5.50. The zero-order chi connectivity index (χ0) is 28.3. The lowest BCUT2D eigenvalue weighted by molar-refractivity contribution is -0.111. The van der Waals surface area contributed by atoms with E-state index >= 15 is 0 Å². The minimum Gasteiger partial charge on any atom is -0.494 e. The van der Waals surface area contributed by atoms with E-state index in [4.69, 9.17) is 14.5 Å². The monoisotopic (exact) mass is 553 g/mol. The van der Waals surface area contributed by atoms with Crippen molar-refractivity contribution >= 4 is 39.8 Å². The summed E-state index contributed by atoms with van der Waals surface area (Å²) in [7, 11) is 3.65. The first-order valence-electron chi connectivity index (χ1n) is 13.9. The van der Waals surface area contributed by atoms with Crippen LogP contribution in [0.4, 0.5) is 23.0 Å². The predicted molar refractivity (Wildman–Crippen MR) is 162 cm³/mol. The number of carbonyl (C=O) groups excluding carboxylic acids is 1. The fraction of sp³-hybridized carbons (Fsp3) is 0.323. The van der Waals surface area contributed by atoms with Crippen LogP contribution in [0.25, 0.3) is 22.2 Å². The number of fused-ring (bicyclic) bond motifs is 3. The van der Waals surface area contributed by atoms with Gasteiger partial charge in [-0.1, -0.05) is 24.8 Å². The summed E-state index contributed by atoms with van der Waals surface area (Å²) in [5.41, 5.74) is 6.27. The molecule has 0 saturated carbocycles. The number of methoxy groups -OCH3 is 1. The maximum Gasteiger partial charge on any atom is 0.247 e. The molecule has 1 amide bonds. The van der Waals surface area contributed by atoms with Crippen LogP contribution in [0.1, 0.15) is 12.1 Å². The number of anilines is 4. The Morgan fingerprint density at radius 2 is 2.05 bits per heavy atom. The summed E-state index contributed by atoms with van der Waals surface area (Å²) >= 11 is 0. The molecule has 41 heavy (non-hydrogen) atoms. The van der Waals surface area contributed by atoms with Crippen LogP contribution in [0.2, 0.25) is 0 Å². The van der Waals surface area contributed by atoms with Gasteiger partial charge in [-0.3, -0.25) is 4.79 Å². The van der Waals surface area contributed by atoms with E-state index in [0.717, 1.165) is 60.7 Å². The summed E-state index contributed by atoms with van der Waals surface area (Å²) in [6.07, 6.45) is 4.26. The Hall–Kier alpha value is -4.41. The second-order valence-electron chi connectivity index (χ2n) is 10.3. The third-order valence-electron chi connectivity index (χ3n) is 7.81. The minimum absolute atomic E-state index is 0.288. The lowest BCUT2D eigenvalue weighted by Crippen LogP contribution is -2.42. The molecule has 2 N–H and O–H groups in total. The number of benzene rings is 2. The van der Waals surface area contributed by atoms with Crippen LogP contribution in [0.3, 0.4) is 0 Å². The van der Waals surface area contributed by atoms with E-state index < -0.39 is 0 Å². The molecule has 212 valence electrons. The highest BCUT2D eigenvalue weighted by molar-refractivity contribution is 6.02. The summed E-state index contributed by atoms with van der Waals surface area (Å²) < 4.78 is 13.9. The number of likely N-dealkylation sites (tertiary alicyclic amines) is 1. The molecule has 0 atom stereocenters. The number of amides is 1. The average Bonchev–Trinajstić information content (AvgIpc) is 3.31. The molecule has 2 aromatic carbocycles. The highest BCUT2D eigenvalue weighted by Gasteiger charge is 2.23. The molecule has 2 aromatic heterocycles. The maximum absolute atomic E-state index is 12.4. The standard InChI is InChI=1S/C31H35N7O3/c1-4-29(39)33-23-18-24(28(40-3)19-26(23)36(2)14-15-37-12-7-13-37)35-31-32-11-10-22(34-31)30-21-8-5-6-9-25(21)38-16-17-41-20-27(30)38/h4-6,8-11,18-19H,1,7,12-17,20H2,2-3H3,(H,33,39)(H,32,34,35). The normalized spacial score (nSPS) is 14.7. The van der Waals surface area contributed by atoms with Crippen LogP contribution in [-0.2, 0) is 22.7 Å². The van der Waals surface area contributed by atoms with Crippen molar-refractivity contribution in [3.8, 4) is 17.0 Å². The largest absolute Gasteiger partial charge is 0.494 e. The van der Waals surface area contributed by atoms with Crippen LogP contribution in [-0.4, -0.2) is 72.3 Å². The molecule has 0 unspecified atom stereocenters. The van der Waals surface area contributed by atoms with Crippen molar-refractivity contribution in [2.45, 2.75) is 19.6 Å². The minimum atomic E-state index is -0.288. The van der Waals surface area contributed by atoms with Gasteiger partial charge in [-0.05, 0) is 43.8 Å². The van der Waals surface area contributed by atoms with Gasteiger partial charge in [0, 0.05) is 55.4 Å². The molecular formula is C31H35N7O3. The van der Waals surface area contributed by atoms with E-state index in [1.165, 1.54) is 18.0 Å². The Labute approximate surface area is 239 Å². The quantitative estimate of drug-likeness (QED) is 0.274. The summed E-state index contributed by atoms with van der Waals surface area (Å²) in [4.78, 5) is 26.3. The number of likely N-dealkylation sites (N-methyl/N-ethyl adjacent to an activating group) is 1. The van der Waals surface area contributed by atoms with Crippen LogP contribution in [0.5, 0.6) is 5.75 Å². The lowest BCUT2D eigenvalue weighted by atomic mass is 10.1. The molecule has 6 rings (SSSR count). The summed E-state index contributed by atoms with van der Waals surface area (Å²) in [5, 5.41) is 7.42. The first-order valence-corrected chi connectivity index (χ1v) is 13.9. The SMILES string of the molecule is C=CC(=O)Nc1cc(Nc2nccc(-c3c4n(c5ccccc35)CCOC4)n2)c(OC)cc1N(C)CCN1CCC1. The second kappa shape index (κ2) is 11.6. The maximum atomic E-state index is 12.4. The highest BCUT2D eigenvalue weighted by atomic mass is 16.5. The Kier molecular flexibility index (Phi) is 7.58. The van der Waals surface area contributed by atoms with Crippen molar-refractivity contribution in [2.24, 2.45) is 0 Å². The summed E-state index contributed by atoms with van der Waals surface area (Å²) in [5.74, 6) is 0.743. The second-order valence-corrected chi connectivity index (χ2v) is 10.3. The Bertz CT molecular complexity index is 1590. The molecule has 0 radical (unpaired) electrons. The van der Waals surface area contributed by atoms with Crippen LogP contribution in [0, 0.1) is 0 Å². The lowest BCUT2D eigenvalue weighted by Gasteiger charge is -2.33. The number of rotatable bonds is 10. The van der Waals surface area contributed by atoms with E-state index in [2.05, 4.69) is 54.8 Å². The van der Waals surface area contributed by atoms with Gasteiger partial charge in [0.2, 0.25) is 11.9 Å². The summed E-state index contributed by atoms with van der Waals surface area (Å²) in [6, 6.07) is 14.1. The van der Waals surface area contributed by atoms with E-state index in [-0.39, 0.29) is 5.91 Å². The molecule has 10 heteroatoms. The molecule has 0 aliphatic carbocycles. The molecule has 10 nitrogen and oxygen atoms in total. The number of nitrogens with zero attached hydrogens (tertiary/aromatic N) is 5. The number of nitrogens with one attached hydrogen (secondary N) is 2. The smallest absolute Gasteiger partial charge is 0.247 e. The molecule has 4 aromatic rings. The van der Waals surface area contributed by atoms with Crippen molar-refractivity contribution in [1.82, 2.24) is 19.4 Å². The van der Waals surface area contributed by atoms with Crippen molar-refractivity contribution in [2.75, 3.05) is 62.5 Å². The molecule has 0 spiro atoms. The van der Waals surface area contributed by atoms with Gasteiger partial charge in [-0.25, -0.2) is 9.97 Å². The van der Waals surface area contributed by atoms with Crippen molar-refractivity contribution in [3.05, 3.63) is 67.0 Å². The number of hydrogen-bond acceptors (Lipinski definition) is 8. The molecule has 1 saturated heterocycles. The Morgan fingerprint density at radius 3 is 2.83 bits per heavy atom. The third kappa shape index (κ3) is 5.36. The van der Waals surface area contributed by atoms with E-state index in [1.54, 1.807) is 13.3 Å². The number of hydrogen-bond donors (Lipinski definition) is 2. The molecule has 1 fully saturated rings. The number of aromatic nitrogens is 3. The number of para-hydroxylation sites is 1. The van der Waals surface area contributed by atoms with Gasteiger partial charge in [0.15, 0.2) is 0 Å². The van der Waals surface area contributed by atoms with Gasteiger partial charge in [0.1, 0.15) is 5.75 Å². The summed E-state index contributed by atoms with van der Waals surface area (Å²) in [6.45, 7) is 9.68. The van der Waals surface area contributed by atoms with Gasteiger partial charge in [0.05, 0.1) is 48.8 Å². The van der Waals surface area contributed by atoms with Crippen LogP contribution >= 0.6 is 0 Å². The predicted octanol–water partition coefficient (Wildman–Crippen LogP) is 4.65. The zero-order valence-corrected chi connectivity index (χ0v) is 23.5. The number of ether oxygens (including phenoxy) is 2. The molecule has 4 heterocycles. The Morgan fingerprint density at radius 1 is 1.20 bits per heavy atom. The van der Waals surface area contributed by atoms with E-state index in [0.29, 0.717) is 36.3 Å². The van der Waals surface area contributed by atoms with E-state index in [9.17, 15) is 4.79 Å². The van der Waals surface area contributed by atoms with E-state index in [1.807, 2.05) is 31.3 Å². The van der Waals surface area contributed by atoms with Gasteiger partial charge in [-0.2, -0.15) is 0 Å². The molecule has 2 aliphatic rings. The average molecular weight is 554 g/mol. The van der Waals surface area contributed by atoms with Gasteiger partial charge < -0.3 is 34.5 Å². The number of carbonyl (C=O) groups is 1. The third-order valence-corrected chi connectivity index (χ3v) is 7.81. The van der Waals surface area contributed by atoms with Gasteiger partial charge in [0.25, 0.3) is 0 Å². The van der Waals surface area contributed by atoms with Crippen LogP contribution in [0.15, 0.2) is 61.3 Å². The van der Waals surface area contributed by atoms with Gasteiger partial charge >= 0.3 is 0 Å². The molecular weight excluding hydrogens is 518 g/mol. The first-order chi connectivity index (χ1) is 20.1.